The van der Waals surface area contributed by atoms with Crippen LogP contribution < -0.4 is 15.1 Å². The molecule has 0 spiro atoms. The average Bonchev–Trinajstić information content (AvgIpc) is 3.05. The van der Waals surface area contributed by atoms with Gasteiger partial charge in [0, 0.05) is 30.9 Å². The van der Waals surface area contributed by atoms with Crippen LogP contribution in [-0.4, -0.2) is 50.5 Å². The maximum Gasteiger partial charge on any atom is 0.414 e. The molecule has 2 unspecified atom stereocenters. The fourth-order valence-corrected chi connectivity index (χ4v) is 3.38. The topological polar surface area (TPSA) is 61.9 Å². The summed E-state index contributed by atoms with van der Waals surface area (Å²) in [5.74, 6) is -0.149. The molecule has 2 amide bonds. The van der Waals surface area contributed by atoms with Gasteiger partial charge in [-0.2, -0.15) is 0 Å². The molecule has 0 bridgehead atoms. The highest BCUT2D eigenvalue weighted by atomic mass is 19.1. The molecule has 0 saturated carbocycles. The normalized spacial score (nSPS) is 22.5. The summed E-state index contributed by atoms with van der Waals surface area (Å²) < 4.78 is 18.0. The van der Waals surface area contributed by atoms with Crippen LogP contribution >= 0.6 is 0 Å². The number of rotatable bonds is 5. The second-order valence-electron chi connectivity index (χ2n) is 6.30. The summed E-state index contributed by atoms with van der Waals surface area (Å²) in [5.41, 5.74) is 2.93. The second kappa shape index (κ2) is 6.67. The van der Waals surface area contributed by atoms with Crippen LogP contribution in [0.5, 0.6) is 0 Å². The Kier molecular flexibility index (Phi) is 4.59. The van der Waals surface area contributed by atoms with Crippen molar-refractivity contribution in [3.8, 4) is 0 Å². The van der Waals surface area contributed by atoms with Gasteiger partial charge in [0.25, 0.3) is 0 Å². The molecule has 0 radical (unpaired) electrons. The Balaban J connectivity index is 1.73. The lowest BCUT2D eigenvalue weighted by Gasteiger charge is -2.23. The van der Waals surface area contributed by atoms with Gasteiger partial charge in [-0.25, -0.2) is 9.18 Å². The smallest absolute Gasteiger partial charge is 0.414 e. The highest BCUT2D eigenvalue weighted by Crippen LogP contribution is 2.35. The predicted octanol–water partition coefficient (Wildman–Crippen LogP) is 1.87. The number of carbonyl (C=O) groups excluding carboxylic acids is 2. The van der Waals surface area contributed by atoms with E-state index in [0.717, 1.165) is 23.4 Å². The van der Waals surface area contributed by atoms with Crippen molar-refractivity contribution in [2.75, 3.05) is 36.1 Å². The minimum absolute atomic E-state index is 0.149. The third kappa shape index (κ3) is 3.16. The Labute approximate surface area is 140 Å². The summed E-state index contributed by atoms with van der Waals surface area (Å²) in [7, 11) is 0. The molecule has 2 aliphatic rings. The van der Waals surface area contributed by atoms with Crippen LogP contribution in [0.15, 0.2) is 18.2 Å². The SMILES string of the molecule is CC(=O)NCC1CN(c2ccc3c(c2)CC(C)N3CCF)C(=O)O1. The summed E-state index contributed by atoms with van der Waals surface area (Å²) in [6.45, 7) is 4.22. The van der Waals surface area contributed by atoms with Gasteiger partial charge in [-0.05, 0) is 37.1 Å². The van der Waals surface area contributed by atoms with Gasteiger partial charge in [0.05, 0.1) is 13.1 Å². The number of amides is 2. The number of benzene rings is 1. The number of fused-ring (bicyclic) bond motifs is 1. The number of alkyl halides is 1. The molecule has 2 aliphatic heterocycles. The number of hydrogen-bond acceptors (Lipinski definition) is 4. The minimum atomic E-state index is -0.406. The number of halogens is 1. The van der Waals surface area contributed by atoms with Crippen molar-refractivity contribution in [2.45, 2.75) is 32.4 Å². The molecule has 1 saturated heterocycles. The van der Waals surface area contributed by atoms with Crippen LogP contribution in [0.4, 0.5) is 20.6 Å². The molecule has 3 rings (SSSR count). The lowest BCUT2D eigenvalue weighted by molar-refractivity contribution is -0.119. The lowest BCUT2D eigenvalue weighted by atomic mass is 10.1. The van der Waals surface area contributed by atoms with Crippen LogP contribution in [0, 0.1) is 0 Å². The molecular formula is C17H22FN3O3. The van der Waals surface area contributed by atoms with E-state index < -0.39 is 6.09 Å². The molecule has 1 aromatic rings. The lowest BCUT2D eigenvalue weighted by Crippen LogP contribution is -2.33. The summed E-state index contributed by atoms with van der Waals surface area (Å²) in [4.78, 5) is 26.7. The van der Waals surface area contributed by atoms with Gasteiger partial charge < -0.3 is 15.0 Å². The molecule has 2 atom stereocenters. The Hall–Kier alpha value is -2.31. The number of cyclic esters (lactones) is 1. The summed E-state index contributed by atoms with van der Waals surface area (Å²) >= 11 is 0. The zero-order valence-corrected chi connectivity index (χ0v) is 13.9. The Morgan fingerprint density at radius 1 is 1.46 bits per heavy atom. The highest BCUT2D eigenvalue weighted by Gasteiger charge is 2.34. The first-order valence-electron chi connectivity index (χ1n) is 8.17. The molecule has 6 nitrogen and oxygen atoms in total. The Bertz CT molecular complexity index is 652. The largest absolute Gasteiger partial charge is 0.442 e. The zero-order valence-electron chi connectivity index (χ0n) is 13.9. The molecule has 1 aromatic carbocycles. The van der Waals surface area contributed by atoms with E-state index in [1.807, 2.05) is 18.2 Å². The predicted molar refractivity (Wildman–Crippen MR) is 89.2 cm³/mol. The van der Waals surface area contributed by atoms with Crippen molar-refractivity contribution in [3.63, 3.8) is 0 Å². The first-order chi connectivity index (χ1) is 11.5. The van der Waals surface area contributed by atoms with Gasteiger partial charge in [0.15, 0.2) is 0 Å². The van der Waals surface area contributed by atoms with E-state index in [4.69, 9.17) is 4.74 Å². The number of nitrogens with one attached hydrogen (secondary N) is 1. The van der Waals surface area contributed by atoms with Crippen LogP contribution in [0.25, 0.3) is 0 Å². The van der Waals surface area contributed by atoms with Crippen molar-refractivity contribution >= 4 is 23.4 Å². The van der Waals surface area contributed by atoms with E-state index in [1.54, 1.807) is 4.90 Å². The Morgan fingerprint density at radius 3 is 2.96 bits per heavy atom. The number of hydrogen-bond donors (Lipinski definition) is 1. The van der Waals surface area contributed by atoms with Gasteiger partial charge in [0.1, 0.15) is 12.8 Å². The van der Waals surface area contributed by atoms with Gasteiger partial charge in [-0.1, -0.05) is 0 Å². The standard InChI is InChI=1S/C17H22FN3O3/c1-11-7-13-8-14(3-4-16(13)20(11)6-5-18)21-10-15(24-17(21)23)9-19-12(2)22/h3-4,8,11,15H,5-7,9-10H2,1-2H3,(H,19,22). The first-order valence-corrected chi connectivity index (χ1v) is 8.17. The quantitative estimate of drug-likeness (QED) is 0.892. The van der Waals surface area contributed by atoms with E-state index >= 15 is 0 Å². The van der Waals surface area contributed by atoms with E-state index in [2.05, 4.69) is 17.1 Å². The van der Waals surface area contributed by atoms with Crippen LogP contribution in [-0.2, 0) is 16.0 Å². The van der Waals surface area contributed by atoms with Crippen molar-refractivity contribution in [2.24, 2.45) is 0 Å². The molecule has 1 fully saturated rings. The average molecular weight is 335 g/mol. The van der Waals surface area contributed by atoms with E-state index in [1.165, 1.54) is 6.92 Å². The fraction of sp³-hybridized carbons (Fsp3) is 0.529. The summed E-state index contributed by atoms with van der Waals surface area (Å²) in [6.07, 6.45) is 0.0788. The molecule has 7 heteroatoms. The monoisotopic (exact) mass is 335 g/mol. The summed E-state index contributed by atoms with van der Waals surface area (Å²) in [6, 6.07) is 6.04. The maximum absolute atomic E-state index is 12.7. The molecule has 0 aliphatic carbocycles. The highest BCUT2D eigenvalue weighted by molar-refractivity contribution is 5.90. The van der Waals surface area contributed by atoms with E-state index in [9.17, 15) is 14.0 Å². The molecular weight excluding hydrogens is 313 g/mol. The van der Waals surface area contributed by atoms with Crippen molar-refractivity contribution in [1.29, 1.82) is 0 Å². The third-order valence-corrected chi connectivity index (χ3v) is 4.51. The van der Waals surface area contributed by atoms with E-state index in [-0.39, 0.29) is 24.7 Å². The zero-order chi connectivity index (χ0) is 17.3. The molecule has 130 valence electrons. The molecule has 0 aromatic heterocycles. The van der Waals surface area contributed by atoms with Crippen molar-refractivity contribution < 1.29 is 18.7 Å². The number of anilines is 2. The van der Waals surface area contributed by atoms with Gasteiger partial charge in [-0.15, -0.1) is 0 Å². The fourth-order valence-electron chi connectivity index (χ4n) is 3.38. The summed E-state index contributed by atoms with van der Waals surface area (Å²) in [5, 5.41) is 2.66. The van der Waals surface area contributed by atoms with Crippen LogP contribution in [0.3, 0.4) is 0 Å². The molecule has 2 heterocycles. The first kappa shape index (κ1) is 16.5. The maximum atomic E-state index is 12.7. The van der Waals surface area contributed by atoms with Crippen molar-refractivity contribution in [3.05, 3.63) is 23.8 Å². The molecule has 1 N–H and O–H groups in total. The van der Waals surface area contributed by atoms with Gasteiger partial charge >= 0.3 is 6.09 Å². The van der Waals surface area contributed by atoms with Crippen LogP contribution in [0.1, 0.15) is 19.4 Å². The van der Waals surface area contributed by atoms with E-state index in [0.29, 0.717) is 19.6 Å². The number of ether oxygens (including phenoxy) is 1. The Morgan fingerprint density at radius 2 is 2.25 bits per heavy atom. The van der Waals surface area contributed by atoms with Crippen molar-refractivity contribution in [1.82, 2.24) is 5.32 Å². The minimum Gasteiger partial charge on any atom is -0.442 e. The van der Waals surface area contributed by atoms with Gasteiger partial charge in [-0.3, -0.25) is 9.69 Å². The second-order valence-corrected chi connectivity index (χ2v) is 6.30. The number of nitrogens with zero attached hydrogens (tertiary/aromatic N) is 2. The van der Waals surface area contributed by atoms with Gasteiger partial charge in [0.2, 0.25) is 5.91 Å². The molecule has 24 heavy (non-hydrogen) atoms. The third-order valence-electron chi connectivity index (χ3n) is 4.51. The number of carbonyl (C=O) groups is 2. The van der Waals surface area contributed by atoms with Crippen LogP contribution in [0.2, 0.25) is 0 Å².